The Bertz CT molecular complexity index is 902. The van der Waals surface area contributed by atoms with E-state index in [0.717, 1.165) is 38.8 Å². The number of nitrogens with one attached hydrogen (secondary N) is 1. The number of H-pyrrole nitrogens is 1. The lowest BCUT2D eigenvalue weighted by Crippen LogP contribution is -2.37. The summed E-state index contributed by atoms with van der Waals surface area (Å²) in [6.45, 7) is 3.29. The molecule has 32 heavy (non-hydrogen) atoms. The van der Waals surface area contributed by atoms with E-state index in [1.54, 1.807) is 0 Å². The van der Waals surface area contributed by atoms with Gasteiger partial charge in [-0.2, -0.15) is 26.3 Å². The van der Waals surface area contributed by atoms with E-state index in [1.807, 2.05) is 18.2 Å². The summed E-state index contributed by atoms with van der Waals surface area (Å²) in [5.41, 5.74) is 0.788. The number of aromatic nitrogens is 1. The van der Waals surface area contributed by atoms with Crippen molar-refractivity contribution >= 4 is 23.3 Å². The summed E-state index contributed by atoms with van der Waals surface area (Å²) in [5.74, 6) is -4.12. The lowest BCUT2D eigenvalue weighted by molar-refractivity contribution is -0.364. The minimum absolute atomic E-state index is 0.378. The van der Waals surface area contributed by atoms with Crippen LogP contribution in [-0.4, -0.2) is 50.3 Å². The van der Waals surface area contributed by atoms with Gasteiger partial charge in [-0.05, 0) is 18.2 Å². The van der Waals surface area contributed by atoms with Gasteiger partial charge >= 0.3 is 12.4 Å². The van der Waals surface area contributed by atoms with Crippen LogP contribution >= 0.6 is 0 Å². The molecule has 0 radical (unpaired) electrons. The normalized spacial score (nSPS) is 14.8. The summed E-state index contributed by atoms with van der Waals surface area (Å²) in [5, 5.41) is 8.78. The number of hydrogen-bond acceptors (Lipinski definition) is 5. The van der Waals surface area contributed by atoms with E-state index in [0.29, 0.717) is 5.82 Å². The van der Waals surface area contributed by atoms with Crippen LogP contribution in [0.2, 0.25) is 0 Å². The molecule has 1 aromatic carbocycles. The Labute approximate surface area is 179 Å². The maximum Gasteiger partial charge on any atom is 0.455 e. The third-order valence-corrected chi connectivity index (χ3v) is 4.51. The maximum absolute atomic E-state index is 12.5. The van der Waals surface area contributed by atoms with E-state index >= 15 is 0 Å². The molecule has 0 spiro atoms. The first-order valence-electron chi connectivity index (χ1n) is 9.36. The molecule has 0 unspecified atom stereocenters. The predicted molar refractivity (Wildman–Crippen MR) is 99.9 cm³/mol. The van der Waals surface area contributed by atoms with Crippen molar-refractivity contribution < 1.29 is 46.0 Å². The van der Waals surface area contributed by atoms with E-state index < -0.39 is 24.1 Å². The predicted octanol–water partition coefficient (Wildman–Crippen LogP) is 2.26. The third-order valence-electron chi connectivity index (χ3n) is 4.51. The quantitative estimate of drug-likeness (QED) is 0.516. The molecule has 1 fully saturated rings. The molecular formula is C20H19F6N3O3. The van der Waals surface area contributed by atoms with Crippen LogP contribution in [0.25, 0.3) is 0 Å². The van der Waals surface area contributed by atoms with Crippen molar-refractivity contribution in [3.8, 4) is 0 Å². The average molecular weight is 463 g/mol. The summed E-state index contributed by atoms with van der Waals surface area (Å²) in [6, 6.07) is 12.9. The van der Waals surface area contributed by atoms with Crippen molar-refractivity contribution in [3.63, 3.8) is 0 Å². The molecule has 174 valence electrons. The Hall–Kier alpha value is -3.31. The van der Waals surface area contributed by atoms with Gasteiger partial charge in [0, 0.05) is 24.7 Å². The number of hydrogen-bond donors (Lipinski definition) is 0. The topological polar surface area (TPSA) is 77.8 Å². The van der Waals surface area contributed by atoms with E-state index in [-0.39, 0.29) is 5.56 Å². The summed E-state index contributed by atoms with van der Waals surface area (Å²) >= 11 is 0. The molecular weight excluding hydrogens is 444 g/mol. The van der Waals surface area contributed by atoms with Crippen molar-refractivity contribution in [1.29, 1.82) is 0 Å². The number of Topliss-reactive ketones (excluding diaryl/α,β-unsaturated/α-hetero) is 1. The summed E-state index contributed by atoms with van der Waals surface area (Å²) < 4.78 is 69.0. The van der Waals surface area contributed by atoms with Gasteiger partial charge in [-0.3, -0.25) is 9.69 Å². The molecule has 0 bridgehead atoms. The first-order valence-corrected chi connectivity index (χ1v) is 9.36. The van der Waals surface area contributed by atoms with Gasteiger partial charge in [0.05, 0.1) is 24.8 Å². The number of ketones is 1. The molecule has 3 rings (SSSR count). The molecule has 0 saturated carbocycles. The SMILES string of the molecule is O=C([O-])C(F)(F)F.O=C(c1ccc(N2CCCN(c3ccccc3)CC2)[nH+]c1)C(F)(F)F. The number of rotatable bonds is 3. The highest BCUT2D eigenvalue weighted by atomic mass is 19.4. The standard InChI is InChI=1S/C18H18F3N3O.C2HF3O2/c19-18(20,21)17(25)14-7-8-16(22-13-14)24-10-4-9-23(11-12-24)15-5-2-1-3-6-15;3-2(4,5)1(6)7/h1-3,5-8,13H,4,9-12H2;(H,6,7). The number of benzene rings is 1. The first kappa shape index (κ1) is 25.0. The largest absolute Gasteiger partial charge is 0.542 e. The summed E-state index contributed by atoms with van der Waals surface area (Å²) in [7, 11) is 0. The van der Waals surface area contributed by atoms with Crippen molar-refractivity contribution in [2.75, 3.05) is 36.0 Å². The zero-order valence-electron chi connectivity index (χ0n) is 16.5. The first-order chi connectivity index (χ1) is 14.9. The highest BCUT2D eigenvalue weighted by molar-refractivity contribution is 5.99. The number of aromatic amines is 1. The van der Waals surface area contributed by atoms with Crippen molar-refractivity contribution in [2.24, 2.45) is 0 Å². The third kappa shape index (κ3) is 7.13. The fraction of sp³-hybridized carbons (Fsp3) is 0.350. The molecule has 6 nitrogen and oxygen atoms in total. The van der Waals surface area contributed by atoms with E-state index in [2.05, 4.69) is 26.9 Å². The summed E-state index contributed by atoms with van der Waals surface area (Å²) in [6.07, 6.45) is -7.98. The number of carbonyl (C=O) groups excluding carboxylic acids is 2. The fourth-order valence-electron chi connectivity index (χ4n) is 2.97. The second-order valence-corrected chi connectivity index (χ2v) is 6.74. The number of pyridine rings is 1. The van der Waals surface area contributed by atoms with Gasteiger partial charge in [0.25, 0.3) is 11.6 Å². The Morgan fingerprint density at radius 1 is 0.812 bits per heavy atom. The summed E-state index contributed by atoms with van der Waals surface area (Å²) in [4.78, 5) is 27.2. The molecule has 2 aromatic rings. The van der Waals surface area contributed by atoms with Gasteiger partial charge in [0.1, 0.15) is 12.5 Å². The number of para-hydroxylation sites is 1. The van der Waals surface area contributed by atoms with Gasteiger partial charge in [-0.15, -0.1) is 0 Å². The van der Waals surface area contributed by atoms with Crippen LogP contribution in [0.3, 0.4) is 0 Å². The highest BCUT2D eigenvalue weighted by Gasteiger charge is 2.40. The van der Waals surface area contributed by atoms with Crippen LogP contribution in [0.5, 0.6) is 0 Å². The van der Waals surface area contributed by atoms with E-state index in [9.17, 15) is 31.1 Å². The zero-order valence-corrected chi connectivity index (χ0v) is 16.5. The molecule has 1 aliphatic heterocycles. The smallest absolute Gasteiger partial charge is 0.455 e. The lowest BCUT2D eigenvalue weighted by Gasteiger charge is -2.21. The molecule has 0 amide bonds. The van der Waals surface area contributed by atoms with Crippen LogP contribution in [0.4, 0.5) is 37.8 Å². The molecule has 1 saturated heterocycles. The number of alkyl halides is 6. The molecule has 1 aliphatic rings. The Morgan fingerprint density at radius 3 is 1.88 bits per heavy atom. The second-order valence-electron chi connectivity index (χ2n) is 6.74. The minimum Gasteiger partial charge on any atom is -0.542 e. The number of carbonyl (C=O) groups is 2. The van der Waals surface area contributed by atoms with E-state index in [4.69, 9.17) is 9.90 Å². The van der Waals surface area contributed by atoms with Crippen LogP contribution in [-0.2, 0) is 4.79 Å². The Kier molecular flexibility index (Phi) is 8.06. The van der Waals surface area contributed by atoms with Gasteiger partial charge in [-0.1, -0.05) is 18.2 Å². The van der Waals surface area contributed by atoms with Gasteiger partial charge < -0.3 is 14.8 Å². The number of carboxylic acid groups (broad SMARTS) is 1. The van der Waals surface area contributed by atoms with Crippen LogP contribution < -0.4 is 19.9 Å². The number of carboxylic acids is 1. The second kappa shape index (κ2) is 10.3. The van der Waals surface area contributed by atoms with Crippen molar-refractivity contribution in [2.45, 2.75) is 18.8 Å². The van der Waals surface area contributed by atoms with Gasteiger partial charge in [-0.25, -0.2) is 4.98 Å². The molecule has 0 aliphatic carbocycles. The molecule has 0 atom stereocenters. The monoisotopic (exact) mass is 463 g/mol. The van der Waals surface area contributed by atoms with E-state index in [1.165, 1.54) is 17.8 Å². The van der Waals surface area contributed by atoms with Gasteiger partial charge in [0.15, 0.2) is 0 Å². The average Bonchev–Trinajstić information content (AvgIpc) is 2.99. The minimum atomic E-state index is -5.19. The molecule has 12 heteroatoms. The van der Waals surface area contributed by atoms with Crippen LogP contribution in [0, 0.1) is 0 Å². The van der Waals surface area contributed by atoms with Crippen molar-refractivity contribution in [1.82, 2.24) is 0 Å². The molecule has 1 aromatic heterocycles. The van der Waals surface area contributed by atoms with Crippen LogP contribution in [0.15, 0.2) is 48.7 Å². The zero-order chi connectivity index (χ0) is 23.9. The number of aliphatic carboxylic acids is 1. The number of halogens is 6. The fourth-order valence-corrected chi connectivity index (χ4v) is 2.97. The van der Waals surface area contributed by atoms with Crippen LogP contribution in [0.1, 0.15) is 16.8 Å². The molecule has 2 heterocycles. The number of anilines is 2. The number of nitrogens with zero attached hydrogens (tertiary/aromatic N) is 2. The maximum atomic E-state index is 12.5. The van der Waals surface area contributed by atoms with Gasteiger partial charge in [0.2, 0.25) is 0 Å². The lowest BCUT2D eigenvalue weighted by atomic mass is 10.2. The molecule has 1 N–H and O–H groups in total. The highest BCUT2D eigenvalue weighted by Crippen LogP contribution is 2.22. The Balaban J connectivity index is 0.000000451. The van der Waals surface area contributed by atoms with Crippen molar-refractivity contribution in [3.05, 3.63) is 54.2 Å². The Morgan fingerprint density at radius 2 is 1.38 bits per heavy atom.